The highest BCUT2D eigenvalue weighted by Gasteiger charge is 2.26. The molecule has 0 heterocycles. The fraction of sp³-hybridized carbons (Fsp3) is 0.745. The Bertz CT molecular complexity index is 1220. The number of esters is 2. The number of nitrogens with two attached hydrogens (primary N) is 1. The molecule has 0 aliphatic heterocycles. The lowest BCUT2D eigenvalue weighted by Crippen LogP contribution is -2.30. The topological polar surface area (TPSA) is 195 Å². The standard InChI is InChI=1S/C47H84NO11P/c1-3-5-7-8-9-10-11-12-13-14-15-16-17-18-19-20-21-26-30-36-47(53)59-43(41-58-60(54,55)57-39-38-48)40-56-46(52)37-31-35-45(51)44(50)34-29-25-23-22-24-28-33-42(49)32-27-6-4-2/h6,22-25,27-29,33-34,42-45,49-51H,3-5,7-21,26,30-32,35-41,48H2,1-2H3,(H,54,55)/b24-22+,25-23-,27-6-,33-28+,34-29-/t42-,43-,44+,45+/m1/s1. The normalized spacial score (nSPS) is 15.4. The number of aliphatic hydroxyl groups excluding tert-OH is 3. The maximum atomic E-state index is 12.6. The van der Waals surface area contributed by atoms with Crippen LogP contribution in [0.3, 0.4) is 0 Å². The van der Waals surface area contributed by atoms with E-state index in [1.807, 2.05) is 19.1 Å². The summed E-state index contributed by atoms with van der Waals surface area (Å²) in [6.45, 7) is 3.16. The third-order valence-electron chi connectivity index (χ3n) is 9.76. The lowest BCUT2D eigenvalue weighted by Gasteiger charge is -2.20. The van der Waals surface area contributed by atoms with Gasteiger partial charge in [-0.3, -0.25) is 18.6 Å². The number of phosphoric ester groups is 1. The second-order valence-corrected chi connectivity index (χ2v) is 16.9. The van der Waals surface area contributed by atoms with Crippen LogP contribution in [0.1, 0.15) is 174 Å². The summed E-state index contributed by atoms with van der Waals surface area (Å²) in [5.74, 6) is -1.16. The van der Waals surface area contributed by atoms with Gasteiger partial charge in [0.25, 0.3) is 0 Å². The molecule has 0 amide bonds. The maximum absolute atomic E-state index is 12.6. The number of aliphatic hydroxyl groups is 3. The van der Waals surface area contributed by atoms with Gasteiger partial charge in [-0.15, -0.1) is 0 Å². The minimum Gasteiger partial charge on any atom is -0.462 e. The van der Waals surface area contributed by atoms with Gasteiger partial charge in [0, 0.05) is 19.4 Å². The summed E-state index contributed by atoms with van der Waals surface area (Å²) in [6, 6.07) is 0. The van der Waals surface area contributed by atoms with E-state index in [4.69, 9.17) is 24.3 Å². The first kappa shape index (κ1) is 57.6. The number of carbonyl (C=O) groups is 2. The minimum atomic E-state index is -4.46. The smallest absolute Gasteiger partial charge is 0.462 e. The molecule has 0 radical (unpaired) electrons. The fourth-order valence-electron chi connectivity index (χ4n) is 6.21. The third kappa shape index (κ3) is 39.7. The lowest BCUT2D eigenvalue weighted by molar-refractivity contribution is -0.161. The van der Waals surface area contributed by atoms with Crippen LogP contribution in [0, 0.1) is 0 Å². The summed E-state index contributed by atoms with van der Waals surface area (Å²) < 4.78 is 32.6. The van der Waals surface area contributed by atoms with Crippen molar-refractivity contribution in [3.05, 3.63) is 60.8 Å². The molecule has 0 aromatic carbocycles. The fourth-order valence-corrected chi connectivity index (χ4v) is 6.98. The van der Waals surface area contributed by atoms with Crippen molar-refractivity contribution in [2.75, 3.05) is 26.4 Å². The molecule has 5 atom stereocenters. The van der Waals surface area contributed by atoms with Gasteiger partial charge in [-0.05, 0) is 32.1 Å². The SMILES string of the molecule is CC/C=C\C[C@@H](O)/C=C/C=C/C=C\C=C/[C@H](O)[C@@H](O)CCCC(=O)OC[C@H](COP(=O)(O)OCCN)OC(=O)CCCCCCCCCCCCCCCCCCCCC. The molecule has 348 valence electrons. The minimum absolute atomic E-state index is 0.00301. The van der Waals surface area contributed by atoms with E-state index in [2.05, 4.69) is 6.92 Å². The predicted molar refractivity (Wildman–Crippen MR) is 242 cm³/mol. The number of hydrogen-bond donors (Lipinski definition) is 5. The van der Waals surface area contributed by atoms with Gasteiger partial charge in [0.1, 0.15) is 6.61 Å². The van der Waals surface area contributed by atoms with Gasteiger partial charge in [-0.2, -0.15) is 0 Å². The van der Waals surface area contributed by atoms with Crippen molar-refractivity contribution < 1.29 is 52.9 Å². The molecule has 0 spiro atoms. The molecule has 0 saturated carbocycles. The van der Waals surface area contributed by atoms with Crippen LogP contribution in [0.5, 0.6) is 0 Å². The van der Waals surface area contributed by atoms with E-state index in [0.717, 1.165) is 25.7 Å². The first-order valence-electron chi connectivity index (χ1n) is 23.1. The molecule has 6 N–H and O–H groups in total. The molecule has 0 saturated heterocycles. The Morgan fingerprint density at radius 2 is 1.12 bits per heavy atom. The van der Waals surface area contributed by atoms with Crippen molar-refractivity contribution in [1.82, 2.24) is 0 Å². The van der Waals surface area contributed by atoms with Crippen LogP contribution in [0.25, 0.3) is 0 Å². The highest BCUT2D eigenvalue weighted by atomic mass is 31.2. The Hall–Kier alpha value is -2.41. The number of ether oxygens (including phenoxy) is 2. The maximum Gasteiger partial charge on any atom is 0.472 e. The number of rotatable bonds is 42. The van der Waals surface area contributed by atoms with Gasteiger partial charge in [-0.1, -0.05) is 190 Å². The van der Waals surface area contributed by atoms with Crippen molar-refractivity contribution >= 4 is 19.8 Å². The number of unbranched alkanes of at least 4 members (excludes halogenated alkanes) is 18. The van der Waals surface area contributed by atoms with Gasteiger partial charge in [-0.25, -0.2) is 4.57 Å². The summed E-state index contributed by atoms with van der Waals surface area (Å²) in [6.07, 6.45) is 39.1. The molecule has 60 heavy (non-hydrogen) atoms. The summed E-state index contributed by atoms with van der Waals surface area (Å²) >= 11 is 0. The first-order valence-corrected chi connectivity index (χ1v) is 24.6. The highest BCUT2D eigenvalue weighted by molar-refractivity contribution is 7.47. The Labute approximate surface area is 363 Å². The van der Waals surface area contributed by atoms with E-state index in [1.54, 1.807) is 42.5 Å². The quantitative estimate of drug-likeness (QED) is 0.0128. The monoisotopic (exact) mass is 870 g/mol. The third-order valence-corrected chi connectivity index (χ3v) is 10.7. The number of hydrogen-bond acceptors (Lipinski definition) is 11. The van der Waals surface area contributed by atoms with Crippen LogP contribution in [0.4, 0.5) is 0 Å². The first-order chi connectivity index (χ1) is 29.0. The zero-order valence-electron chi connectivity index (χ0n) is 37.3. The van der Waals surface area contributed by atoms with Crippen LogP contribution in [0.2, 0.25) is 0 Å². The van der Waals surface area contributed by atoms with Crippen molar-refractivity contribution in [1.29, 1.82) is 0 Å². The van der Waals surface area contributed by atoms with Crippen LogP contribution in [-0.2, 0) is 32.7 Å². The van der Waals surface area contributed by atoms with Gasteiger partial charge < -0.3 is 35.4 Å². The van der Waals surface area contributed by atoms with Gasteiger partial charge in [0.2, 0.25) is 0 Å². The molecule has 0 aromatic heterocycles. The molecule has 12 nitrogen and oxygen atoms in total. The van der Waals surface area contributed by atoms with Crippen molar-refractivity contribution in [3.63, 3.8) is 0 Å². The molecule has 13 heteroatoms. The van der Waals surface area contributed by atoms with E-state index < -0.39 is 57.4 Å². The molecule has 0 bridgehead atoms. The highest BCUT2D eigenvalue weighted by Crippen LogP contribution is 2.43. The molecule has 0 aliphatic carbocycles. The lowest BCUT2D eigenvalue weighted by atomic mass is 10.0. The molecular formula is C47H84NO11P. The van der Waals surface area contributed by atoms with Gasteiger partial charge in [0.15, 0.2) is 6.10 Å². The predicted octanol–water partition coefficient (Wildman–Crippen LogP) is 10.2. The summed E-state index contributed by atoms with van der Waals surface area (Å²) in [5.41, 5.74) is 5.33. The van der Waals surface area contributed by atoms with E-state index >= 15 is 0 Å². The summed E-state index contributed by atoms with van der Waals surface area (Å²) in [5, 5.41) is 30.4. The van der Waals surface area contributed by atoms with Gasteiger partial charge in [0.05, 0.1) is 31.5 Å². The second-order valence-electron chi connectivity index (χ2n) is 15.5. The van der Waals surface area contributed by atoms with Crippen LogP contribution in [-0.4, -0.2) is 82.9 Å². The zero-order valence-corrected chi connectivity index (χ0v) is 38.2. The molecule has 0 aliphatic rings. The van der Waals surface area contributed by atoms with Crippen molar-refractivity contribution in [2.24, 2.45) is 5.73 Å². The van der Waals surface area contributed by atoms with Gasteiger partial charge >= 0.3 is 19.8 Å². The molecule has 0 rings (SSSR count). The summed E-state index contributed by atoms with van der Waals surface area (Å²) in [7, 11) is -4.46. The van der Waals surface area contributed by atoms with Crippen LogP contribution < -0.4 is 5.73 Å². The van der Waals surface area contributed by atoms with Crippen molar-refractivity contribution in [2.45, 2.75) is 199 Å². The van der Waals surface area contributed by atoms with Crippen molar-refractivity contribution in [3.8, 4) is 0 Å². The second kappa shape index (κ2) is 41.9. The Balaban J connectivity index is 4.40. The average molecular weight is 870 g/mol. The zero-order chi connectivity index (χ0) is 44.4. The number of allylic oxidation sites excluding steroid dienone is 7. The van der Waals surface area contributed by atoms with E-state index in [-0.39, 0.29) is 38.8 Å². The Kier molecular flexibility index (Phi) is 40.2. The summed E-state index contributed by atoms with van der Waals surface area (Å²) in [4.78, 5) is 35.0. The average Bonchev–Trinajstić information content (AvgIpc) is 3.22. The largest absolute Gasteiger partial charge is 0.472 e. The Morgan fingerprint density at radius 1 is 0.617 bits per heavy atom. The number of phosphoric acid groups is 1. The van der Waals surface area contributed by atoms with E-state index in [0.29, 0.717) is 12.8 Å². The molecule has 0 fully saturated rings. The van der Waals surface area contributed by atoms with E-state index in [9.17, 15) is 34.4 Å². The Morgan fingerprint density at radius 3 is 1.65 bits per heavy atom. The van der Waals surface area contributed by atoms with E-state index in [1.165, 1.54) is 102 Å². The molecular weight excluding hydrogens is 785 g/mol. The van der Waals surface area contributed by atoms with Crippen LogP contribution in [0.15, 0.2) is 60.8 Å². The van der Waals surface area contributed by atoms with Crippen LogP contribution >= 0.6 is 7.82 Å². The molecule has 1 unspecified atom stereocenters. The molecule has 0 aromatic rings. The number of carbonyl (C=O) groups excluding carboxylic acids is 2.